The highest BCUT2D eigenvalue weighted by molar-refractivity contribution is 14.0. The smallest absolute Gasteiger partial charge is 0.227 e. The normalized spacial score (nSPS) is 14.0. The number of amides is 1. The summed E-state index contributed by atoms with van der Waals surface area (Å²) in [6.07, 6.45) is 2.38. The van der Waals surface area contributed by atoms with E-state index in [0.717, 1.165) is 66.5 Å². The van der Waals surface area contributed by atoms with E-state index in [0.29, 0.717) is 13.0 Å². The first-order chi connectivity index (χ1) is 14.7. The number of H-pyrrole nitrogens is 1. The van der Waals surface area contributed by atoms with E-state index in [2.05, 4.69) is 32.5 Å². The van der Waals surface area contributed by atoms with Gasteiger partial charge in [0.25, 0.3) is 0 Å². The Bertz CT molecular complexity index is 997. The van der Waals surface area contributed by atoms with Crippen LogP contribution in [0.5, 0.6) is 0 Å². The van der Waals surface area contributed by atoms with Crippen LogP contribution in [-0.2, 0) is 17.8 Å². The van der Waals surface area contributed by atoms with Gasteiger partial charge in [-0.05, 0) is 43.2 Å². The number of carbonyl (C=O) groups excluding carboxylic acids is 1. The molecule has 2 heterocycles. The zero-order chi connectivity index (χ0) is 20.8. The summed E-state index contributed by atoms with van der Waals surface area (Å²) in [6, 6.07) is 16.2. The van der Waals surface area contributed by atoms with Gasteiger partial charge in [-0.25, -0.2) is 9.98 Å². The molecular formula is C23H29IN6O. The van der Waals surface area contributed by atoms with E-state index in [9.17, 15) is 4.79 Å². The molecule has 0 bridgehead atoms. The van der Waals surface area contributed by atoms with Gasteiger partial charge in [0.15, 0.2) is 5.96 Å². The molecule has 1 saturated heterocycles. The minimum Gasteiger partial charge on any atom is -0.357 e. The van der Waals surface area contributed by atoms with Crippen molar-refractivity contribution < 1.29 is 4.79 Å². The molecule has 2 aromatic carbocycles. The standard InChI is InChI=1S/C23H28N6O.HI/c1-2-24-23(25-14-13-21-27-19-6-3-4-7-20(19)28-21)26-16-17-9-11-18(12-10-17)29-15-5-8-22(29)30;/h3-4,6-7,9-12H,2,5,8,13-16H2,1H3,(H,27,28)(H2,24,25,26);1H. The number of nitrogens with one attached hydrogen (secondary N) is 3. The van der Waals surface area contributed by atoms with Gasteiger partial charge in [0, 0.05) is 38.2 Å². The van der Waals surface area contributed by atoms with Crippen LogP contribution in [0.25, 0.3) is 11.0 Å². The number of para-hydroxylation sites is 2. The number of aromatic amines is 1. The van der Waals surface area contributed by atoms with Gasteiger partial charge < -0.3 is 20.5 Å². The Morgan fingerprint density at radius 3 is 2.68 bits per heavy atom. The second-order valence-electron chi connectivity index (χ2n) is 7.39. The number of anilines is 1. The topological polar surface area (TPSA) is 85.4 Å². The predicted molar refractivity (Wildman–Crippen MR) is 136 cm³/mol. The number of rotatable bonds is 7. The van der Waals surface area contributed by atoms with Crippen LogP contribution >= 0.6 is 24.0 Å². The third kappa shape index (κ3) is 5.96. The Kier molecular flexibility index (Phi) is 8.27. The highest BCUT2D eigenvalue weighted by atomic mass is 127. The number of aromatic nitrogens is 2. The summed E-state index contributed by atoms with van der Waals surface area (Å²) in [6.45, 7) is 4.98. The summed E-state index contributed by atoms with van der Waals surface area (Å²) in [5, 5.41) is 6.65. The molecule has 4 rings (SSSR count). The van der Waals surface area contributed by atoms with Crippen LogP contribution in [-0.4, -0.2) is 41.5 Å². The van der Waals surface area contributed by atoms with Gasteiger partial charge in [-0.3, -0.25) is 4.79 Å². The van der Waals surface area contributed by atoms with Crippen molar-refractivity contribution in [3.63, 3.8) is 0 Å². The number of hydrogen-bond donors (Lipinski definition) is 3. The van der Waals surface area contributed by atoms with Crippen molar-refractivity contribution in [2.45, 2.75) is 32.7 Å². The highest BCUT2D eigenvalue weighted by Gasteiger charge is 2.21. The molecule has 0 atom stereocenters. The number of hydrogen-bond acceptors (Lipinski definition) is 3. The molecule has 0 spiro atoms. The number of halogens is 1. The minimum atomic E-state index is 0. The number of nitrogens with zero attached hydrogens (tertiary/aromatic N) is 3. The van der Waals surface area contributed by atoms with Crippen LogP contribution in [0.1, 0.15) is 31.2 Å². The Labute approximate surface area is 199 Å². The van der Waals surface area contributed by atoms with E-state index >= 15 is 0 Å². The van der Waals surface area contributed by atoms with Gasteiger partial charge in [-0.1, -0.05) is 24.3 Å². The maximum Gasteiger partial charge on any atom is 0.227 e. The lowest BCUT2D eigenvalue weighted by Crippen LogP contribution is -2.38. The Hall–Kier alpha value is -2.62. The number of guanidine groups is 1. The van der Waals surface area contributed by atoms with E-state index in [1.165, 1.54) is 0 Å². The first-order valence-electron chi connectivity index (χ1n) is 10.6. The maximum atomic E-state index is 11.9. The number of benzene rings is 2. The van der Waals surface area contributed by atoms with Crippen LogP contribution in [0.4, 0.5) is 5.69 Å². The molecule has 3 N–H and O–H groups in total. The molecule has 31 heavy (non-hydrogen) atoms. The zero-order valence-electron chi connectivity index (χ0n) is 17.7. The molecule has 0 unspecified atom stereocenters. The van der Waals surface area contributed by atoms with Gasteiger partial charge in [0.1, 0.15) is 5.82 Å². The third-order valence-electron chi connectivity index (χ3n) is 5.18. The van der Waals surface area contributed by atoms with Crippen molar-refractivity contribution >= 4 is 52.6 Å². The largest absolute Gasteiger partial charge is 0.357 e. The SMILES string of the molecule is CCNC(=NCc1ccc(N2CCCC2=O)cc1)NCCc1nc2ccccc2[nH]1.I. The lowest BCUT2D eigenvalue weighted by molar-refractivity contribution is -0.117. The Morgan fingerprint density at radius 2 is 1.97 bits per heavy atom. The molecule has 164 valence electrons. The molecule has 7 nitrogen and oxygen atoms in total. The summed E-state index contributed by atoms with van der Waals surface area (Å²) in [5.41, 5.74) is 4.14. The van der Waals surface area contributed by atoms with Crippen LogP contribution in [0.15, 0.2) is 53.5 Å². The van der Waals surface area contributed by atoms with Gasteiger partial charge in [-0.2, -0.15) is 0 Å². The van der Waals surface area contributed by atoms with E-state index in [1.807, 2.05) is 53.4 Å². The van der Waals surface area contributed by atoms with Crippen LogP contribution in [0.2, 0.25) is 0 Å². The quantitative estimate of drug-likeness (QED) is 0.247. The average molecular weight is 532 g/mol. The first-order valence-corrected chi connectivity index (χ1v) is 10.6. The molecule has 1 aliphatic rings. The number of fused-ring (bicyclic) bond motifs is 1. The van der Waals surface area contributed by atoms with Crippen molar-refractivity contribution in [1.82, 2.24) is 20.6 Å². The summed E-state index contributed by atoms with van der Waals surface area (Å²) in [5.74, 6) is 1.96. The van der Waals surface area contributed by atoms with E-state index < -0.39 is 0 Å². The number of carbonyl (C=O) groups is 1. The molecule has 0 radical (unpaired) electrons. The molecule has 8 heteroatoms. The minimum absolute atomic E-state index is 0. The highest BCUT2D eigenvalue weighted by Crippen LogP contribution is 2.21. The second kappa shape index (κ2) is 11.1. The van der Waals surface area contributed by atoms with Crippen LogP contribution in [0, 0.1) is 0 Å². The van der Waals surface area contributed by atoms with Crippen LogP contribution < -0.4 is 15.5 Å². The molecule has 1 aliphatic heterocycles. The van der Waals surface area contributed by atoms with Crippen molar-refractivity contribution in [3.05, 3.63) is 59.9 Å². The van der Waals surface area contributed by atoms with E-state index in [4.69, 9.17) is 0 Å². The predicted octanol–water partition coefficient (Wildman–Crippen LogP) is 3.61. The van der Waals surface area contributed by atoms with Crippen molar-refractivity contribution in [1.29, 1.82) is 0 Å². The van der Waals surface area contributed by atoms with Crippen molar-refractivity contribution in [3.8, 4) is 0 Å². The van der Waals surface area contributed by atoms with Crippen LogP contribution in [0.3, 0.4) is 0 Å². The zero-order valence-corrected chi connectivity index (χ0v) is 20.1. The van der Waals surface area contributed by atoms with Gasteiger partial charge in [0.2, 0.25) is 5.91 Å². The molecule has 3 aromatic rings. The fourth-order valence-corrected chi connectivity index (χ4v) is 3.64. The maximum absolute atomic E-state index is 11.9. The van der Waals surface area contributed by atoms with E-state index in [-0.39, 0.29) is 29.9 Å². The molecule has 1 fully saturated rings. The fourth-order valence-electron chi connectivity index (χ4n) is 3.64. The van der Waals surface area contributed by atoms with Gasteiger partial charge >= 0.3 is 0 Å². The van der Waals surface area contributed by atoms with E-state index in [1.54, 1.807) is 0 Å². The molecular weight excluding hydrogens is 503 g/mol. The fraction of sp³-hybridized carbons (Fsp3) is 0.348. The number of aliphatic imine (C=N–C) groups is 1. The van der Waals surface area contributed by atoms with Crippen molar-refractivity contribution in [2.24, 2.45) is 4.99 Å². The molecule has 1 aromatic heterocycles. The lowest BCUT2D eigenvalue weighted by atomic mass is 10.2. The summed E-state index contributed by atoms with van der Waals surface area (Å²) < 4.78 is 0. The molecule has 0 saturated carbocycles. The van der Waals surface area contributed by atoms with Crippen molar-refractivity contribution in [2.75, 3.05) is 24.5 Å². The average Bonchev–Trinajstić information content (AvgIpc) is 3.38. The first kappa shape index (κ1) is 23.1. The second-order valence-corrected chi connectivity index (χ2v) is 7.39. The monoisotopic (exact) mass is 532 g/mol. The Morgan fingerprint density at radius 1 is 1.16 bits per heavy atom. The summed E-state index contributed by atoms with van der Waals surface area (Å²) in [4.78, 5) is 26.4. The van der Waals surface area contributed by atoms with Gasteiger partial charge in [-0.15, -0.1) is 24.0 Å². The summed E-state index contributed by atoms with van der Waals surface area (Å²) >= 11 is 0. The van der Waals surface area contributed by atoms with Gasteiger partial charge in [0.05, 0.1) is 17.6 Å². The lowest BCUT2D eigenvalue weighted by Gasteiger charge is -2.15. The Balaban J connectivity index is 0.00000272. The summed E-state index contributed by atoms with van der Waals surface area (Å²) in [7, 11) is 0. The third-order valence-corrected chi connectivity index (χ3v) is 5.18. The number of imidazole rings is 1. The molecule has 0 aliphatic carbocycles. The molecule has 1 amide bonds.